The highest BCUT2D eigenvalue weighted by molar-refractivity contribution is 6.12. The van der Waals surface area contributed by atoms with E-state index in [0.29, 0.717) is 11.1 Å². The van der Waals surface area contributed by atoms with Gasteiger partial charge in [0.25, 0.3) is 11.6 Å². The number of nitro groups is 1. The maximum absolute atomic E-state index is 13.4. The fraction of sp³-hybridized carbons (Fsp3) is 0.286. The van der Waals surface area contributed by atoms with Gasteiger partial charge in [-0.1, -0.05) is 42.5 Å². The first-order valence-corrected chi connectivity index (χ1v) is 9.23. The topological polar surface area (TPSA) is 114 Å². The summed E-state index contributed by atoms with van der Waals surface area (Å²) in [7, 11) is 1.47. The lowest BCUT2D eigenvalue weighted by Crippen LogP contribution is -2.45. The molecular formula is C21H22N4O5. The Bertz CT molecular complexity index is 1030. The van der Waals surface area contributed by atoms with E-state index < -0.39 is 28.1 Å². The molecule has 156 valence electrons. The van der Waals surface area contributed by atoms with Crippen molar-refractivity contribution in [2.45, 2.75) is 31.9 Å². The van der Waals surface area contributed by atoms with Crippen molar-refractivity contribution < 1.29 is 19.2 Å². The Kier molecular flexibility index (Phi) is 5.30. The number of hydrogen-bond donors (Lipinski definition) is 1. The molecular weight excluding hydrogens is 388 g/mol. The third-order valence-corrected chi connectivity index (χ3v) is 4.48. The Hall–Kier alpha value is -3.75. The molecule has 1 atom stereocenters. The number of carbonyl (C=O) groups is 2. The summed E-state index contributed by atoms with van der Waals surface area (Å²) >= 11 is 0. The number of hydrogen-bond acceptors (Lipinski definition) is 6. The molecule has 3 rings (SSSR count). The lowest BCUT2D eigenvalue weighted by Gasteiger charge is -2.25. The molecule has 0 fully saturated rings. The summed E-state index contributed by atoms with van der Waals surface area (Å²) in [5.41, 5.74) is -1.64. The van der Waals surface area contributed by atoms with Crippen molar-refractivity contribution in [1.29, 1.82) is 0 Å². The van der Waals surface area contributed by atoms with Gasteiger partial charge in [-0.2, -0.15) is 0 Å². The Morgan fingerprint density at radius 3 is 2.37 bits per heavy atom. The second-order valence-corrected chi connectivity index (χ2v) is 7.81. The van der Waals surface area contributed by atoms with Crippen LogP contribution in [0.15, 0.2) is 59.6 Å². The number of benzene rings is 2. The fourth-order valence-electron chi connectivity index (χ4n) is 3.19. The van der Waals surface area contributed by atoms with Gasteiger partial charge in [0.1, 0.15) is 5.60 Å². The Balaban J connectivity index is 2.14. The van der Waals surface area contributed by atoms with Crippen molar-refractivity contribution in [3.63, 3.8) is 0 Å². The molecule has 0 saturated carbocycles. The molecule has 0 aliphatic carbocycles. The van der Waals surface area contributed by atoms with Crippen LogP contribution >= 0.6 is 0 Å². The summed E-state index contributed by atoms with van der Waals surface area (Å²) in [6.45, 7) is 5.15. The maximum Gasteiger partial charge on any atom is 0.414 e. The number of nitrogens with one attached hydrogen (secondary N) is 1. The molecule has 2 aromatic rings. The van der Waals surface area contributed by atoms with E-state index >= 15 is 0 Å². The Morgan fingerprint density at radius 2 is 1.77 bits per heavy atom. The molecule has 2 aromatic carbocycles. The highest BCUT2D eigenvalue weighted by Gasteiger charge is 2.50. The zero-order valence-corrected chi connectivity index (χ0v) is 17.1. The summed E-state index contributed by atoms with van der Waals surface area (Å²) < 4.78 is 5.26. The SMILES string of the molecule is CN1C(=O)C(c2ccccc2)(c2cccc([N+](=O)[O-])c2)N=C1NC(=O)OC(C)(C)C. The number of carbonyl (C=O) groups excluding carboxylic acids is 2. The third-order valence-electron chi connectivity index (χ3n) is 4.48. The molecule has 30 heavy (non-hydrogen) atoms. The first-order chi connectivity index (χ1) is 14.0. The summed E-state index contributed by atoms with van der Waals surface area (Å²) in [5, 5.41) is 13.8. The molecule has 1 unspecified atom stereocenters. The van der Waals surface area contributed by atoms with E-state index in [1.54, 1.807) is 57.2 Å². The molecule has 2 amide bonds. The highest BCUT2D eigenvalue weighted by atomic mass is 16.6. The molecule has 0 spiro atoms. The molecule has 1 heterocycles. The van der Waals surface area contributed by atoms with Crippen molar-refractivity contribution in [2.24, 2.45) is 4.99 Å². The number of alkyl carbamates (subject to hydrolysis) is 1. The monoisotopic (exact) mass is 410 g/mol. The molecule has 0 radical (unpaired) electrons. The molecule has 1 aliphatic heterocycles. The lowest BCUT2D eigenvalue weighted by molar-refractivity contribution is -0.384. The van der Waals surface area contributed by atoms with E-state index in [2.05, 4.69) is 10.3 Å². The zero-order valence-electron chi connectivity index (χ0n) is 17.1. The molecule has 0 saturated heterocycles. The summed E-state index contributed by atoms with van der Waals surface area (Å²) in [6, 6.07) is 14.5. The number of ether oxygens (including phenoxy) is 1. The number of amides is 2. The van der Waals surface area contributed by atoms with Gasteiger partial charge in [-0.15, -0.1) is 0 Å². The van der Waals surface area contributed by atoms with Gasteiger partial charge in [0.05, 0.1) is 4.92 Å². The van der Waals surface area contributed by atoms with Crippen molar-refractivity contribution in [2.75, 3.05) is 7.05 Å². The van der Waals surface area contributed by atoms with Crippen molar-refractivity contribution in [3.8, 4) is 0 Å². The lowest BCUT2D eigenvalue weighted by atomic mass is 9.82. The molecule has 0 bridgehead atoms. The number of aliphatic imine (C=N–C) groups is 1. The number of likely N-dealkylation sites (N-methyl/N-ethyl adjacent to an activating group) is 1. The predicted octanol–water partition coefficient (Wildman–Crippen LogP) is 3.19. The number of nitro benzene ring substituents is 1. The van der Waals surface area contributed by atoms with Crippen LogP contribution < -0.4 is 5.32 Å². The van der Waals surface area contributed by atoms with Gasteiger partial charge in [0.2, 0.25) is 5.96 Å². The van der Waals surface area contributed by atoms with Crippen molar-refractivity contribution in [3.05, 3.63) is 75.8 Å². The molecule has 1 N–H and O–H groups in total. The fourth-order valence-corrected chi connectivity index (χ4v) is 3.19. The molecule has 0 aromatic heterocycles. The van der Waals surface area contributed by atoms with Gasteiger partial charge in [0.15, 0.2) is 5.54 Å². The first kappa shape index (κ1) is 21.0. The summed E-state index contributed by atoms with van der Waals surface area (Å²) in [4.78, 5) is 42.2. The van der Waals surface area contributed by atoms with Crippen LogP contribution in [0.5, 0.6) is 0 Å². The van der Waals surface area contributed by atoms with Gasteiger partial charge in [0, 0.05) is 24.7 Å². The van der Waals surface area contributed by atoms with Crippen LogP contribution in [0, 0.1) is 10.1 Å². The van der Waals surface area contributed by atoms with Gasteiger partial charge in [-0.25, -0.2) is 9.79 Å². The Labute approximate surface area is 173 Å². The molecule has 9 nitrogen and oxygen atoms in total. The number of rotatable bonds is 3. The van der Waals surface area contributed by atoms with Gasteiger partial charge in [-0.3, -0.25) is 25.1 Å². The third kappa shape index (κ3) is 3.86. The van der Waals surface area contributed by atoms with Gasteiger partial charge < -0.3 is 4.74 Å². The van der Waals surface area contributed by atoms with Gasteiger partial charge in [-0.05, 0) is 26.3 Å². The van der Waals surface area contributed by atoms with E-state index in [0.717, 1.165) is 0 Å². The van der Waals surface area contributed by atoms with Crippen LogP contribution in [0.25, 0.3) is 0 Å². The average molecular weight is 410 g/mol. The smallest absolute Gasteiger partial charge is 0.414 e. The van der Waals surface area contributed by atoms with Crippen LogP contribution in [-0.2, 0) is 15.1 Å². The number of nitrogens with zero attached hydrogens (tertiary/aromatic N) is 3. The summed E-state index contributed by atoms with van der Waals surface area (Å²) in [5.74, 6) is -0.468. The maximum atomic E-state index is 13.4. The average Bonchev–Trinajstić information content (AvgIpc) is 2.93. The van der Waals surface area contributed by atoms with Crippen LogP contribution in [0.2, 0.25) is 0 Å². The normalized spacial score (nSPS) is 18.7. The quantitative estimate of drug-likeness (QED) is 0.616. The highest BCUT2D eigenvalue weighted by Crippen LogP contribution is 2.40. The largest absolute Gasteiger partial charge is 0.444 e. The van der Waals surface area contributed by atoms with Crippen LogP contribution in [-0.4, -0.2) is 40.4 Å². The van der Waals surface area contributed by atoms with Crippen molar-refractivity contribution >= 4 is 23.6 Å². The van der Waals surface area contributed by atoms with Crippen LogP contribution in [0.3, 0.4) is 0 Å². The van der Waals surface area contributed by atoms with Crippen LogP contribution in [0.4, 0.5) is 10.5 Å². The van der Waals surface area contributed by atoms with Gasteiger partial charge >= 0.3 is 6.09 Å². The summed E-state index contributed by atoms with van der Waals surface area (Å²) in [6.07, 6.45) is -0.760. The second kappa shape index (κ2) is 7.58. The standard InChI is InChI=1S/C21H22N4O5/c1-20(2,3)30-19(27)22-18-23-21(17(26)24(18)4,14-9-6-5-7-10-14)15-11-8-12-16(13-15)25(28)29/h5-13H,1-4H3,(H,22,23,27). The van der Waals surface area contributed by atoms with E-state index in [1.807, 2.05) is 0 Å². The first-order valence-electron chi connectivity index (χ1n) is 9.23. The molecule has 1 aliphatic rings. The minimum Gasteiger partial charge on any atom is -0.444 e. The number of guanidine groups is 1. The van der Waals surface area contributed by atoms with Crippen LogP contribution in [0.1, 0.15) is 31.9 Å². The van der Waals surface area contributed by atoms with E-state index in [1.165, 1.54) is 30.1 Å². The predicted molar refractivity (Wildman–Crippen MR) is 110 cm³/mol. The molecule has 9 heteroatoms. The minimum atomic E-state index is -1.58. The van der Waals surface area contributed by atoms with E-state index in [9.17, 15) is 19.7 Å². The minimum absolute atomic E-state index is 0.00962. The second-order valence-electron chi connectivity index (χ2n) is 7.81. The number of non-ortho nitro benzene ring substituents is 1. The van der Waals surface area contributed by atoms with E-state index in [-0.39, 0.29) is 11.6 Å². The van der Waals surface area contributed by atoms with Crippen molar-refractivity contribution in [1.82, 2.24) is 10.2 Å². The zero-order chi connectivity index (χ0) is 22.1. The van der Waals surface area contributed by atoms with E-state index in [4.69, 9.17) is 4.74 Å². The Morgan fingerprint density at radius 1 is 1.13 bits per heavy atom.